The lowest BCUT2D eigenvalue weighted by molar-refractivity contribution is 0.0857. The highest BCUT2D eigenvalue weighted by Crippen LogP contribution is 2.13. The second-order valence-electron chi connectivity index (χ2n) is 3.86. The normalized spacial score (nSPS) is 19.7. The number of benzene rings is 1. The van der Waals surface area contributed by atoms with Crippen LogP contribution in [0, 0.1) is 0 Å². The topological polar surface area (TPSA) is 38.3 Å². The van der Waals surface area contributed by atoms with E-state index < -0.39 is 0 Å². The summed E-state index contributed by atoms with van der Waals surface area (Å²) in [6, 6.07) is 7.36. The molecule has 3 nitrogen and oxygen atoms in total. The maximum absolute atomic E-state index is 11.8. The number of ether oxygens (including phenoxy) is 1. The molecule has 0 saturated carbocycles. The molecule has 1 aliphatic rings. The molecule has 0 bridgehead atoms. The van der Waals surface area contributed by atoms with Crippen LogP contribution >= 0.6 is 15.9 Å². The zero-order valence-electron chi connectivity index (χ0n) is 8.91. The number of carbonyl (C=O) groups excluding carboxylic acids is 1. The molecule has 16 heavy (non-hydrogen) atoms. The molecule has 1 aliphatic heterocycles. The molecule has 1 aromatic carbocycles. The summed E-state index contributed by atoms with van der Waals surface area (Å²) in [4.78, 5) is 11.8. The molecule has 1 N–H and O–H groups in total. The molecule has 1 aromatic rings. The number of hydrogen-bond acceptors (Lipinski definition) is 2. The Hall–Kier alpha value is -0.870. The van der Waals surface area contributed by atoms with Crippen molar-refractivity contribution in [3.8, 4) is 0 Å². The summed E-state index contributed by atoms with van der Waals surface area (Å²) in [5.74, 6) is -0.0446. The molecule has 0 spiro atoms. The quantitative estimate of drug-likeness (QED) is 0.925. The average molecular weight is 284 g/mol. The van der Waals surface area contributed by atoms with Gasteiger partial charge in [0.05, 0.1) is 6.10 Å². The minimum atomic E-state index is -0.0446. The van der Waals surface area contributed by atoms with Gasteiger partial charge in [-0.2, -0.15) is 0 Å². The first-order chi connectivity index (χ1) is 7.75. The second kappa shape index (κ2) is 5.46. The van der Waals surface area contributed by atoms with E-state index in [1.165, 1.54) is 0 Å². The van der Waals surface area contributed by atoms with Crippen molar-refractivity contribution < 1.29 is 9.53 Å². The first-order valence-electron chi connectivity index (χ1n) is 5.41. The molecule has 86 valence electrons. The van der Waals surface area contributed by atoms with Crippen LogP contribution in [0.4, 0.5) is 0 Å². The van der Waals surface area contributed by atoms with Gasteiger partial charge in [0.25, 0.3) is 5.91 Å². The molecule has 0 aliphatic carbocycles. The Balaban J connectivity index is 1.87. The largest absolute Gasteiger partial charge is 0.376 e. The molecule has 4 heteroatoms. The Morgan fingerprint density at radius 3 is 3.12 bits per heavy atom. The van der Waals surface area contributed by atoms with Crippen LogP contribution in [0.25, 0.3) is 0 Å². The van der Waals surface area contributed by atoms with Crippen molar-refractivity contribution in [2.45, 2.75) is 18.9 Å². The van der Waals surface area contributed by atoms with Crippen molar-refractivity contribution in [1.29, 1.82) is 0 Å². The van der Waals surface area contributed by atoms with E-state index in [0.717, 1.165) is 23.9 Å². The molecule has 1 saturated heterocycles. The number of rotatable bonds is 3. The van der Waals surface area contributed by atoms with Gasteiger partial charge in [0.2, 0.25) is 0 Å². The number of halogens is 1. The van der Waals surface area contributed by atoms with Crippen LogP contribution < -0.4 is 5.32 Å². The number of amides is 1. The SMILES string of the molecule is O=C(NC[C@H]1CCCO1)c1cccc(Br)c1. The third-order valence-corrected chi connectivity index (χ3v) is 3.09. The van der Waals surface area contributed by atoms with Gasteiger partial charge in [-0.15, -0.1) is 0 Å². The van der Waals surface area contributed by atoms with Crippen LogP contribution in [0.15, 0.2) is 28.7 Å². The maximum Gasteiger partial charge on any atom is 0.251 e. The zero-order valence-corrected chi connectivity index (χ0v) is 10.5. The smallest absolute Gasteiger partial charge is 0.251 e. The molecule has 1 atom stereocenters. The zero-order chi connectivity index (χ0) is 11.4. The molecular formula is C12H14BrNO2. The summed E-state index contributed by atoms with van der Waals surface area (Å²) >= 11 is 3.34. The van der Waals surface area contributed by atoms with Gasteiger partial charge in [0.15, 0.2) is 0 Å². The Morgan fingerprint density at radius 2 is 2.44 bits per heavy atom. The third kappa shape index (κ3) is 3.06. The Labute approximate surface area is 103 Å². The molecule has 1 fully saturated rings. The molecule has 0 radical (unpaired) electrons. The van der Waals surface area contributed by atoms with Gasteiger partial charge in [-0.05, 0) is 31.0 Å². The summed E-state index contributed by atoms with van der Waals surface area (Å²) < 4.78 is 6.35. The first kappa shape index (κ1) is 11.6. The van der Waals surface area contributed by atoms with Crippen LogP contribution in [-0.4, -0.2) is 25.2 Å². The third-order valence-electron chi connectivity index (χ3n) is 2.60. The van der Waals surface area contributed by atoms with E-state index in [1.54, 1.807) is 6.07 Å². The van der Waals surface area contributed by atoms with Crippen LogP contribution in [-0.2, 0) is 4.74 Å². The highest BCUT2D eigenvalue weighted by molar-refractivity contribution is 9.10. The lowest BCUT2D eigenvalue weighted by Gasteiger charge is -2.10. The highest BCUT2D eigenvalue weighted by Gasteiger charge is 2.16. The van der Waals surface area contributed by atoms with Crippen LogP contribution in [0.3, 0.4) is 0 Å². The van der Waals surface area contributed by atoms with E-state index >= 15 is 0 Å². The predicted molar refractivity (Wildman–Crippen MR) is 65.4 cm³/mol. The number of hydrogen-bond donors (Lipinski definition) is 1. The van der Waals surface area contributed by atoms with Crippen LogP contribution in [0.1, 0.15) is 23.2 Å². The van der Waals surface area contributed by atoms with Crippen molar-refractivity contribution in [1.82, 2.24) is 5.32 Å². The van der Waals surface area contributed by atoms with Gasteiger partial charge in [-0.25, -0.2) is 0 Å². The molecule has 2 rings (SSSR count). The molecular weight excluding hydrogens is 270 g/mol. The Morgan fingerprint density at radius 1 is 1.56 bits per heavy atom. The average Bonchev–Trinajstić information content (AvgIpc) is 2.78. The van der Waals surface area contributed by atoms with Crippen molar-refractivity contribution in [3.05, 3.63) is 34.3 Å². The molecule has 1 heterocycles. The maximum atomic E-state index is 11.8. The van der Waals surface area contributed by atoms with Crippen LogP contribution in [0.5, 0.6) is 0 Å². The van der Waals surface area contributed by atoms with Crippen molar-refractivity contribution in [2.75, 3.05) is 13.2 Å². The fourth-order valence-corrected chi connectivity index (χ4v) is 2.14. The second-order valence-corrected chi connectivity index (χ2v) is 4.77. The van der Waals surface area contributed by atoms with Crippen LogP contribution in [0.2, 0.25) is 0 Å². The molecule has 0 unspecified atom stereocenters. The van der Waals surface area contributed by atoms with Gasteiger partial charge in [0.1, 0.15) is 0 Å². The summed E-state index contributed by atoms with van der Waals surface area (Å²) in [5, 5.41) is 2.88. The van der Waals surface area contributed by atoms with E-state index in [4.69, 9.17) is 4.74 Å². The summed E-state index contributed by atoms with van der Waals surface area (Å²) in [7, 11) is 0. The first-order valence-corrected chi connectivity index (χ1v) is 6.20. The van der Waals surface area contributed by atoms with Crippen molar-refractivity contribution in [3.63, 3.8) is 0 Å². The molecule has 0 aromatic heterocycles. The van der Waals surface area contributed by atoms with Gasteiger partial charge in [0, 0.05) is 23.2 Å². The Kier molecular flexibility index (Phi) is 3.96. The monoisotopic (exact) mass is 283 g/mol. The van der Waals surface area contributed by atoms with E-state index in [1.807, 2.05) is 18.2 Å². The van der Waals surface area contributed by atoms with E-state index in [0.29, 0.717) is 12.1 Å². The fourth-order valence-electron chi connectivity index (χ4n) is 1.74. The Bertz CT molecular complexity index is 375. The van der Waals surface area contributed by atoms with Gasteiger partial charge in [-0.3, -0.25) is 4.79 Å². The number of carbonyl (C=O) groups is 1. The van der Waals surface area contributed by atoms with E-state index in [2.05, 4.69) is 21.2 Å². The fraction of sp³-hybridized carbons (Fsp3) is 0.417. The van der Waals surface area contributed by atoms with E-state index in [9.17, 15) is 4.79 Å². The van der Waals surface area contributed by atoms with Gasteiger partial charge < -0.3 is 10.1 Å². The summed E-state index contributed by atoms with van der Waals surface area (Å²) in [6.07, 6.45) is 2.33. The van der Waals surface area contributed by atoms with Crippen molar-refractivity contribution >= 4 is 21.8 Å². The van der Waals surface area contributed by atoms with E-state index in [-0.39, 0.29) is 12.0 Å². The minimum absolute atomic E-state index is 0.0446. The highest BCUT2D eigenvalue weighted by atomic mass is 79.9. The lowest BCUT2D eigenvalue weighted by atomic mass is 10.2. The lowest BCUT2D eigenvalue weighted by Crippen LogP contribution is -2.31. The van der Waals surface area contributed by atoms with Gasteiger partial charge in [-0.1, -0.05) is 22.0 Å². The number of nitrogens with one attached hydrogen (secondary N) is 1. The predicted octanol–water partition coefficient (Wildman–Crippen LogP) is 2.36. The standard InChI is InChI=1S/C12H14BrNO2/c13-10-4-1-3-9(7-10)12(15)14-8-11-5-2-6-16-11/h1,3-4,7,11H,2,5-6,8H2,(H,14,15)/t11-/m1/s1. The summed E-state index contributed by atoms with van der Waals surface area (Å²) in [5.41, 5.74) is 0.673. The summed E-state index contributed by atoms with van der Waals surface area (Å²) in [6.45, 7) is 1.42. The van der Waals surface area contributed by atoms with Crippen molar-refractivity contribution in [2.24, 2.45) is 0 Å². The molecule has 1 amide bonds. The van der Waals surface area contributed by atoms with Gasteiger partial charge >= 0.3 is 0 Å². The minimum Gasteiger partial charge on any atom is -0.376 e.